The van der Waals surface area contributed by atoms with Gasteiger partial charge in [-0.2, -0.15) is 5.10 Å². The van der Waals surface area contributed by atoms with Crippen LogP contribution >= 0.6 is 11.3 Å². The average molecular weight is 241 g/mol. The molecule has 0 radical (unpaired) electrons. The first-order valence-corrected chi connectivity index (χ1v) is 6.19. The minimum atomic E-state index is 0.742. The molecule has 3 rings (SSSR count). The molecule has 0 unspecified atom stereocenters. The lowest BCUT2D eigenvalue weighted by Gasteiger charge is -1.91. The van der Waals surface area contributed by atoms with Crippen molar-refractivity contribution in [3.63, 3.8) is 0 Å². The zero-order valence-electron chi connectivity index (χ0n) is 9.34. The Morgan fingerprint density at radius 1 is 1.06 bits per heavy atom. The Morgan fingerprint density at radius 2 is 1.88 bits per heavy atom. The van der Waals surface area contributed by atoms with E-state index in [1.54, 1.807) is 11.3 Å². The lowest BCUT2D eigenvalue weighted by atomic mass is 10.2. The molecular formula is C13H11N3S. The second kappa shape index (κ2) is 4.14. The van der Waals surface area contributed by atoms with Gasteiger partial charge in [-0.25, -0.2) is 4.98 Å². The summed E-state index contributed by atoms with van der Waals surface area (Å²) in [5.41, 5.74) is 1.03. The number of H-pyrrole nitrogens is 1. The van der Waals surface area contributed by atoms with E-state index >= 15 is 0 Å². The Morgan fingerprint density at radius 3 is 2.59 bits per heavy atom. The summed E-state index contributed by atoms with van der Waals surface area (Å²) in [5, 5.41) is 7.23. The number of aryl methyl sites for hydroxylation is 1. The van der Waals surface area contributed by atoms with Crippen molar-refractivity contribution in [2.45, 2.75) is 6.92 Å². The topological polar surface area (TPSA) is 41.6 Å². The zero-order valence-corrected chi connectivity index (χ0v) is 10.2. The molecule has 0 aliphatic heterocycles. The van der Waals surface area contributed by atoms with Gasteiger partial charge in [0.1, 0.15) is 0 Å². The van der Waals surface area contributed by atoms with Crippen LogP contribution in [0.25, 0.3) is 22.1 Å². The van der Waals surface area contributed by atoms with Gasteiger partial charge in [0.15, 0.2) is 11.6 Å². The molecule has 0 aliphatic rings. The van der Waals surface area contributed by atoms with E-state index in [1.165, 1.54) is 4.88 Å². The molecule has 0 atom stereocenters. The molecule has 0 amide bonds. The molecular weight excluding hydrogens is 230 g/mol. The summed E-state index contributed by atoms with van der Waals surface area (Å²) in [4.78, 5) is 6.91. The first kappa shape index (κ1) is 10.2. The van der Waals surface area contributed by atoms with Gasteiger partial charge < -0.3 is 0 Å². The van der Waals surface area contributed by atoms with Gasteiger partial charge in [0.25, 0.3) is 0 Å². The number of aromatic amines is 1. The highest BCUT2D eigenvalue weighted by molar-refractivity contribution is 7.15. The Bertz CT molecular complexity index is 625. The maximum Gasteiger partial charge on any atom is 0.181 e. The van der Waals surface area contributed by atoms with Crippen molar-refractivity contribution in [2.24, 2.45) is 0 Å². The molecule has 4 heteroatoms. The zero-order chi connectivity index (χ0) is 11.7. The van der Waals surface area contributed by atoms with Crippen molar-refractivity contribution >= 4 is 11.3 Å². The molecule has 17 heavy (non-hydrogen) atoms. The minimum absolute atomic E-state index is 0.742. The van der Waals surface area contributed by atoms with Crippen molar-refractivity contribution in [3.05, 3.63) is 47.3 Å². The van der Waals surface area contributed by atoms with Gasteiger partial charge in [0, 0.05) is 10.4 Å². The van der Waals surface area contributed by atoms with Gasteiger partial charge in [0.05, 0.1) is 4.88 Å². The highest BCUT2D eigenvalue weighted by Crippen LogP contribution is 2.26. The molecule has 0 saturated carbocycles. The number of aromatic nitrogens is 3. The first-order valence-electron chi connectivity index (χ1n) is 5.37. The third kappa shape index (κ3) is 1.99. The van der Waals surface area contributed by atoms with Crippen molar-refractivity contribution in [1.29, 1.82) is 0 Å². The second-order valence-corrected chi connectivity index (χ2v) is 5.07. The Balaban J connectivity index is 1.99. The molecule has 3 nitrogen and oxygen atoms in total. The predicted octanol–water partition coefficient (Wildman–Crippen LogP) is 3.51. The Hall–Kier alpha value is -1.94. The number of nitrogens with zero attached hydrogens (tertiary/aromatic N) is 2. The predicted molar refractivity (Wildman–Crippen MR) is 69.9 cm³/mol. The van der Waals surface area contributed by atoms with Crippen LogP contribution in [-0.4, -0.2) is 15.2 Å². The van der Waals surface area contributed by atoms with Crippen molar-refractivity contribution in [2.75, 3.05) is 0 Å². The SMILES string of the molecule is Cc1ccc(-c2nc(-c3ccccc3)n[nH]2)s1. The largest absolute Gasteiger partial charge is 0.258 e. The summed E-state index contributed by atoms with van der Waals surface area (Å²) < 4.78 is 0. The maximum atomic E-state index is 4.51. The molecule has 3 aromatic rings. The Kier molecular flexibility index (Phi) is 2.49. The summed E-state index contributed by atoms with van der Waals surface area (Å²) >= 11 is 1.72. The van der Waals surface area contributed by atoms with E-state index in [0.29, 0.717) is 0 Å². The molecule has 1 N–H and O–H groups in total. The van der Waals surface area contributed by atoms with Gasteiger partial charge >= 0.3 is 0 Å². The fraction of sp³-hybridized carbons (Fsp3) is 0.0769. The van der Waals surface area contributed by atoms with Gasteiger partial charge in [-0.3, -0.25) is 5.10 Å². The van der Waals surface area contributed by atoms with Gasteiger partial charge in [-0.1, -0.05) is 30.3 Å². The highest BCUT2D eigenvalue weighted by Gasteiger charge is 2.08. The van der Waals surface area contributed by atoms with E-state index in [0.717, 1.165) is 22.1 Å². The second-order valence-electron chi connectivity index (χ2n) is 3.78. The summed E-state index contributed by atoms with van der Waals surface area (Å²) in [6.07, 6.45) is 0. The van der Waals surface area contributed by atoms with Crippen LogP contribution in [-0.2, 0) is 0 Å². The van der Waals surface area contributed by atoms with Crippen LogP contribution in [0.2, 0.25) is 0 Å². The molecule has 0 aliphatic carbocycles. The minimum Gasteiger partial charge on any atom is -0.258 e. The molecule has 84 valence electrons. The van der Waals surface area contributed by atoms with Crippen LogP contribution in [0.5, 0.6) is 0 Å². The van der Waals surface area contributed by atoms with Crippen LogP contribution in [0.1, 0.15) is 4.88 Å². The van der Waals surface area contributed by atoms with E-state index in [-0.39, 0.29) is 0 Å². The third-order valence-electron chi connectivity index (χ3n) is 2.49. The number of nitrogens with one attached hydrogen (secondary N) is 1. The van der Waals surface area contributed by atoms with E-state index in [9.17, 15) is 0 Å². The quantitative estimate of drug-likeness (QED) is 0.746. The van der Waals surface area contributed by atoms with Gasteiger partial charge in [-0.05, 0) is 19.1 Å². The molecule has 1 aromatic carbocycles. The number of rotatable bonds is 2. The molecule has 0 bridgehead atoms. The average Bonchev–Trinajstić information content (AvgIpc) is 2.98. The smallest absolute Gasteiger partial charge is 0.181 e. The van der Waals surface area contributed by atoms with Crippen LogP contribution in [0, 0.1) is 6.92 Å². The lowest BCUT2D eigenvalue weighted by molar-refractivity contribution is 1.10. The molecule has 2 heterocycles. The lowest BCUT2D eigenvalue weighted by Crippen LogP contribution is -1.78. The Labute approximate surface area is 103 Å². The number of hydrogen-bond donors (Lipinski definition) is 1. The third-order valence-corrected chi connectivity index (χ3v) is 3.50. The first-order chi connectivity index (χ1) is 8.33. The van der Waals surface area contributed by atoms with Crippen molar-refractivity contribution < 1.29 is 0 Å². The van der Waals surface area contributed by atoms with Crippen molar-refractivity contribution in [3.8, 4) is 22.1 Å². The standard InChI is InChI=1S/C13H11N3S/c1-9-7-8-11(17-9)13-14-12(15-16-13)10-5-3-2-4-6-10/h2-8H,1H3,(H,14,15,16). The highest BCUT2D eigenvalue weighted by atomic mass is 32.1. The van der Waals surface area contributed by atoms with Gasteiger partial charge in [-0.15, -0.1) is 11.3 Å². The number of thiophene rings is 1. The molecule has 0 fully saturated rings. The van der Waals surface area contributed by atoms with Crippen LogP contribution in [0.4, 0.5) is 0 Å². The van der Waals surface area contributed by atoms with Gasteiger partial charge in [0.2, 0.25) is 0 Å². The fourth-order valence-electron chi connectivity index (χ4n) is 1.65. The summed E-state index contributed by atoms with van der Waals surface area (Å²) in [7, 11) is 0. The van der Waals surface area contributed by atoms with Crippen LogP contribution in [0.15, 0.2) is 42.5 Å². The van der Waals surface area contributed by atoms with E-state index in [4.69, 9.17) is 0 Å². The van der Waals surface area contributed by atoms with Crippen molar-refractivity contribution in [1.82, 2.24) is 15.2 Å². The summed E-state index contributed by atoms with van der Waals surface area (Å²) in [6.45, 7) is 2.09. The summed E-state index contributed by atoms with van der Waals surface area (Å²) in [5.74, 6) is 1.58. The van der Waals surface area contributed by atoms with E-state index < -0.39 is 0 Å². The monoisotopic (exact) mass is 241 g/mol. The van der Waals surface area contributed by atoms with E-state index in [2.05, 4.69) is 34.2 Å². The number of hydrogen-bond acceptors (Lipinski definition) is 3. The molecule has 2 aromatic heterocycles. The maximum absolute atomic E-state index is 4.51. The molecule has 0 spiro atoms. The normalized spacial score (nSPS) is 10.6. The summed E-state index contributed by atoms with van der Waals surface area (Å²) in [6, 6.07) is 14.1. The number of benzene rings is 1. The van der Waals surface area contributed by atoms with Crippen LogP contribution < -0.4 is 0 Å². The van der Waals surface area contributed by atoms with E-state index in [1.807, 2.05) is 30.3 Å². The fourth-order valence-corrected chi connectivity index (χ4v) is 2.46. The van der Waals surface area contributed by atoms with Crippen LogP contribution in [0.3, 0.4) is 0 Å². The molecule has 0 saturated heterocycles.